The van der Waals surface area contributed by atoms with Crippen molar-refractivity contribution in [2.75, 3.05) is 38.2 Å². The van der Waals surface area contributed by atoms with Gasteiger partial charge >= 0.3 is 0 Å². The second-order valence-corrected chi connectivity index (χ2v) is 5.75. The molecule has 0 unspecified atom stereocenters. The van der Waals surface area contributed by atoms with Crippen molar-refractivity contribution < 1.29 is 4.74 Å². The van der Waals surface area contributed by atoms with Gasteiger partial charge in [-0.05, 0) is 43.5 Å². The molecule has 20 heavy (non-hydrogen) atoms. The van der Waals surface area contributed by atoms with E-state index in [0.717, 1.165) is 44.5 Å². The first kappa shape index (κ1) is 13.7. The summed E-state index contributed by atoms with van der Waals surface area (Å²) < 4.78 is 5.61. The smallest absolute Gasteiger partial charge is 0.142 e. The number of ether oxygens (including phenoxy) is 1. The molecular formula is C16H25N3O. The summed E-state index contributed by atoms with van der Waals surface area (Å²) in [4.78, 5) is 2.43. The van der Waals surface area contributed by atoms with Gasteiger partial charge in [0.1, 0.15) is 5.75 Å². The Labute approximate surface area is 121 Å². The molecule has 4 nitrogen and oxygen atoms in total. The highest BCUT2D eigenvalue weighted by atomic mass is 16.5. The van der Waals surface area contributed by atoms with Crippen molar-refractivity contribution in [2.45, 2.75) is 31.8 Å². The maximum atomic E-state index is 5.61. The predicted molar refractivity (Wildman–Crippen MR) is 82.6 cm³/mol. The Hall–Kier alpha value is -1.26. The van der Waals surface area contributed by atoms with Crippen LogP contribution in [-0.4, -0.2) is 39.3 Å². The number of nitrogens with one attached hydrogen (secondary N) is 2. The lowest BCUT2D eigenvalue weighted by Gasteiger charge is -2.25. The van der Waals surface area contributed by atoms with E-state index in [9.17, 15) is 0 Å². The Morgan fingerprint density at radius 3 is 3.00 bits per heavy atom. The van der Waals surface area contributed by atoms with Crippen LogP contribution in [0.4, 0.5) is 5.69 Å². The maximum absolute atomic E-state index is 5.61. The molecule has 1 aliphatic carbocycles. The molecule has 2 aliphatic rings. The minimum atomic E-state index is 0.748. The van der Waals surface area contributed by atoms with Gasteiger partial charge in [-0.25, -0.2) is 0 Å². The van der Waals surface area contributed by atoms with E-state index >= 15 is 0 Å². The molecule has 0 atom stereocenters. The average molecular weight is 275 g/mol. The lowest BCUT2D eigenvalue weighted by Crippen LogP contribution is -2.28. The topological polar surface area (TPSA) is 36.5 Å². The first-order chi connectivity index (χ1) is 9.86. The van der Waals surface area contributed by atoms with Crippen LogP contribution in [0.5, 0.6) is 5.75 Å². The number of methoxy groups -OCH3 is 1. The summed E-state index contributed by atoms with van der Waals surface area (Å²) in [7, 11) is 1.77. The molecule has 3 rings (SSSR count). The number of rotatable bonds is 5. The van der Waals surface area contributed by atoms with E-state index < -0.39 is 0 Å². The van der Waals surface area contributed by atoms with Crippen LogP contribution in [0.1, 0.15) is 24.8 Å². The molecule has 1 aromatic carbocycles. The minimum Gasteiger partial charge on any atom is -0.495 e. The molecule has 0 amide bonds. The van der Waals surface area contributed by atoms with Crippen LogP contribution in [0.3, 0.4) is 0 Å². The lowest BCUT2D eigenvalue weighted by molar-refractivity contribution is 0.413. The summed E-state index contributed by atoms with van der Waals surface area (Å²) in [6, 6.07) is 7.38. The van der Waals surface area contributed by atoms with Gasteiger partial charge in [0.2, 0.25) is 0 Å². The standard InChI is InChI=1S/C16H25N3O/c1-20-16-11-13(12-18-14-4-5-14)3-6-15(16)19-9-2-7-17-8-10-19/h3,6,11,14,17-18H,2,4-5,7-10,12H2,1H3. The summed E-state index contributed by atoms with van der Waals surface area (Å²) in [5.74, 6) is 1.00. The van der Waals surface area contributed by atoms with Gasteiger partial charge in [0.15, 0.2) is 0 Å². The van der Waals surface area contributed by atoms with Crippen molar-refractivity contribution in [3.05, 3.63) is 23.8 Å². The molecular weight excluding hydrogens is 250 g/mol. The molecule has 110 valence electrons. The van der Waals surface area contributed by atoms with E-state index in [4.69, 9.17) is 4.74 Å². The zero-order valence-electron chi connectivity index (χ0n) is 12.3. The molecule has 0 bridgehead atoms. The molecule has 0 aromatic heterocycles. The zero-order valence-corrected chi connectivity index (χ0v) is 12.3. The van der Waals surface area contributed by atoms with E-state index in [2.05, 4.69) is 33.7 Å². The summed E-state index contributed by atoms with van der Waals surface area (Å²) in [5, 5.41) is 7.00. The molecule has 1 saturated carbocycles. The molecule has 0 radical (unpaired) electrons. The number of nitrogens with zero attached hydrogens (tertiary/aromatic N) is 1. The SMILES string of the molecule is COc1cc(CNC2CC2)ccc1N1CCCNCC1. The predicted octanol–water partition coefficient (Wildman–Crippen LogP) is 1.75. The van der Waals surface area contributed by atoms with Gasteiger partial charge in [-0.1, -0.05) is 6.07 Å². The van der Waals surface area contributed by atoms with Gasteiger partial charge in [-0.2, -0.15) is 0 Å². The van der Waals surface area contributed by atoms with Crippen LogP contribution in [0.25, 0.3) is 0 Å². The van der Waals surface area contributed by atoms with Crippen LogP contribution in [0.2, 0.25) is 0 Å². The van der Waals surface area contributed by atoms with Crippen molar-refractivity contribution in [1.29, 1.82) is 0 Å². The quantitative estimate of drug-likeness (QED) is 0.858. The third kappa shape index (κ3) is 3.44. The Morgan fingerprint density at radius 1 is 1.30 bits per heavy atom. The number of hydrogen-bond acceptors (Lipinski definition) is 4. The second kappa shape index (κ2) is 6.46. The number of hydrogen-bond donors (Lipinski definition) is 2. The highest BCUT2D eigenvalue weighted by Gasteiger charge is 2.20. The molecule has 1 aliphatic heterocycles. The van der Waals surface area contributed by atoms with E-state index in [1.165, 1.54) is 30.5 Å². The third-order valence-electron chi connectivity index (χ3n) is 4.10. The molecule has 4 heteroatoms. The van der Waals surface area contributed by atoms with Crippen molar-refractivity contribution in [3.8, 4) is 5.75 Å². The highest BCUT2D eigenvalue weighted by Crippen LogP contribution is 2.30. The summed E-state index contributed by atoms with van der Waals surface area (Å²) >= 11 is 0. The van der Waals surface area contributed by atoms with E-state index in [1.54, 1.807) is 7.11 Å². The van der Waals surface area contributed by atoms with Crippen LogP contribution in [0, 0.1) is 0 Å². The molecule has 0 spiro atoms. The van der Waals surface area contributed by atoms with E-state index in [1.807, 2.05) is 0 Å². The monoisotopic (exact) mass is 275 g/mol. The molecule has 2 N–H and O–H groups in total. The van der Waals surface area contributed by atoms with Crippen LogP contribution in [-0.2, 0) is 6.54 Å². The van der Waals surface area contributed by atoms with E-state index in [-0.39, 0.29) is 0 Å². The van der Waals surface area contributed by atoms with Gasteiger partial charge in [0.25, 0.3) is 0 Å². The highest BCUT2D eigenvalue weighted by molar-refractivity contribution is 5.60. The van der Waals surface area contributed by atoms with Gasteiger partial charge in [-0.15, -0.1) is 0 Å². The summed E-state index contributed by atoms with van der Waals surface area (Å²) in [6.07, 6.45) is 3.85. The number of anilines is 1. The summed E-state index contributed by atoms with van der Waals surface area (Å²) in [6.45, 7) is 5.26. The number of benzene rings is 1. The van der Waals surface area contributed by atoms with Crippen LogP contribution < -0.4 is 20.3 Å². The molecule has 1 aromatic rings. The fourth-order valence-electron chi connectivity index (χ4n) is 2.73. The van der Waals surface area contributed by atoms with Crippen molar-refractivity contribution in [3.63, 3.8) is 0 Å². The largest absolute Gasteiger partial charge is 0.495 e. The second-order valence-electron chi connectivity index (χ2n) is 5.75. The van der Waals surface area contributed by atoms with Crippen molar-refractivity contribution >= 4 is 5.69 Å². The van der Waals surface area contributed by atoms with Gasteiger partial charge < -0.3 is 20.3 Å². The fraction of sp³-hybridized carbons (Fsp3) is 0.625. The zero-order chi connectivity index (χ0) is 13.8. The van der Waals surface area contributed by atoms with Crippen molar-refractivity contribution in [2.24, 2.45) is 0 Å². The first-order valence-corrected chi connectivity index (χ1v) is 7.73. The van der Waals surface area contributed by atoms with Gasteiger partial charge in [-0.3, -0.25) is 0 Å². The van der Waals surface area contributed by atoms with Crippen molar-refractivity contribution in [1.82, 2.24) is 10.6 Å². The minimum absolute atomic E-state index is 0.748. The van der Waals surface area contributed by atoms with E-state index in [0.29, 0.717) is 0 Å². The Balaban J connectivity index is 1.71. The van der Waals surface area contributed by atoms with Crippen LogP contribution >= 0.6 is 0 Å². The molecule has 2 fully saturated rings. The fourth-order valence-corrected chi connectivity index (χ4v) is 2.73. The average Bonchev–Trinajstić information content (AvgIpc) is 3.31. The molecule has 1 saturated heterocycles. The van der Waals surface area contributed by atoms with Gasteiger partial charge in [0.05, 0.1) is 12.8 Å². The normalized spacial score (nSPS) is 19.8. The summed E-state index contributed by atoms with van der Waals surface area (Å²) in [5.41, 5.74) is 2.54. The maximum Gasteiger partial charge on any atom is 0.142 e. The third-order valence-corrected chi connectivity index (χ3v) is 4.10. The first-order valence-electron chi connectivity index (χ1n) is 7.73. The lowest BCUT2D eigenvalue weighted by atomic mass is 10.1. The Bertz CT molecular complexity index is 437. The van der Waals surface area contributed by atoms with Gasteiger partial charge in [0, 0.05) is 32.2 Å². The Kier molecular flexibility index (Phi) is 4.43. The molecule has 1 heterocycles. The Morgan fingerprint density at radius 2 is 2.20 bits per heavy atom. The van der Waals surface area contributed by atoms with Crippen LogP contribution in [0.15, 0.2) is 18.2 Å².